The monoisotopic (exact) mass is 528 g/mol. The fourth-order valence-corrected chi connectivity index (χ4v) is 4.06. The average molecular weight is 529 g/mol. The summed E-state index contributed by atoms with van der Waals surface area (Å²) in [7, 11) is 10.7. The standard InChI is InChI=1S/2C15H11.C2H4.2ClH.Ti/c2*1-2-6-12(7-3-1)14-10-4-8-13-9-5-11-15(13)14;1-2;;;/h2*1-11H;1H,2H3;2*1H;/q2*-1;;;;+2/p-2. The Kier molecular flexibility index (Phi) is 9.29. The van der Waals surface area contributed by atoms with Gasteiger partial charge in [0, 0.05) is 0 Å². The fourth-order valence-electron chi connectivity index (χ4n) is 4.06. The Morgan fingerprint density at radius 3 is 1.31 bits per heavy atom. The molecule has 0 aliphatic heterocycles. The molecular weight excluding hydrogens is 503 g/mol. The molecule has 35 heavy (non-hydrogen) atoms. The Balaban J connectivity index is 0.000000139. The predicted molar refractivity (Wildman–Crippen MR) is 153 cm³/mol. The summed E-state index contributed by atoms with van der Waals surface area (Å²) < 4.78 is 1.86. The summed E-state index contributed by atoms with van der Waals surface area (Å²) in [6, 6.07) is 46.8. The fraction of sp³-hybridized carbons (Fsp3) is 0.0312. The molecule has 0 atom stereocenters. The van der Waals surface area contributed by atoms with Gasteiger partial charge in [0.1, 0.15) is 0 Å². The summed E-state index contributed by atoms with van der Waals surface area (Å²) in [5.41, 5.74) is 5.21. The van der Waals surface area contributed by atoms with Crippen LogP contribution in [0, 0.1) is 0 Å². The largest absolute Gasteiger partial charge is 0.168 e. The first-order valence-corrected chi connectivity index (χ1v) is 16.7. The number of fused-ring (bicyclic) bond motifs is 2. The summed E-state index contributed by atoms with van der Waals surface area (Å²) in [5, 5.41) is 5.31. The Labute approximate surface area is 221 Å². The number of halogens is 2. The van der Waals surface area contributed by atoms with Crippen molar-refractivity contribution < 1.29 is 15.3 Å². The van der Waals surface area contributed by atoms with E-state index in [4.69, 9.17) is 18.6 Å². The van der Waals surface area contributed by atoms with Crippen molar-refractivity contribution in [3.63, 3.8) is 0 Å². The van der Waals surface area contributed by atoms with Gasteiger partial charge in [0.2, 0.25) is 0 Å². The maximum atomic E-state index is 5.34. The second-order valence-corrected chi connectivity index (χ2v) is 13.9. The molecule has 0 spiro atoms. The Hall–Kier alpha value is -2.74. The van der Waals surface area contributed by atoms with Crippen LogP contribution in [0.5, 0.6) is 0 Å². The topological polar surface area (TPSA) is 0 Å². The van der Waals surface area contributed by atoms with Crippen molar-refractivity contribution in [2.45, 2.75) is 6.92 Å². The molecule has 0 radical (unpaired) electrons. The number of rotatable bonds is 2. The van der Waals surface area contributed by atoms with Crippen LogP contribution in [0.4, 0.5) is 0 Å². The van der Waals surface area contributed by atoms with Crippen LogP contribution in [-0.4, -0.2) is 4.31 Å². The van der Waals surface area contributed by atoms with Gasteiger partial charge in [-0.3, -0.25) is 0 Å². The molecule has 174 valence electrons. The molecule has 0 saturated carbocycles. The first kappa shape index (κ1) is 25.4. The molecule has 0 N–H and O–H groups in total. The van der Waals surface area contributed by atoms with Gasteiger partial charge in [0.25, 0.3) is 0 Å². The molecule has 6 aromatic carbocycles. The first-order valence-electron chi connectivity index (χ1n) is 11.5. The second kappa shape index (κ2) is 12.8. The third-order valence-corrected chi connectivity index (χ3v) is 8.23. The summed E-state index contributed by atoms with van der Waals surface area (Å²) in [6.07, 6.45) is 0. The molecule has 0 aromatic heterocycles. The minimum absolute atomic E-state index is 1.29. The van der Waals surface area contributed by atoms with Crippen LogP contribution in [0.1, 0.15) is 6.92 Å². The molecular formula is C32H26Cl2Ti-2. The first-order chi connectivity index (χ1) is 17.2. The second-order valence-electron chi connectivity index (χ2n) is 7.98. The van der Waals surface area contributed by atoms with Crippen molar-refractivity contribution in [3.05, 3.63) is 133 Å². The van der Waals surface area contributed by atoms with E-state index in [1.165, 1.54) is 43.8 Å². The van der Waals surface area contributed by atoms with Gasteiger partial charge in [-0.15, -0.1) is 57.9 Å². The van der Waals surface area contributed by atoms with E-state index in [0.29, 0.717) is 0 Å². The van der Waals surface area contributed by atoms with Gasteiger partial charge in [-0.05, 0) is 11.1 Å². The minimum Gasteiger partial charge on any atom is -0.168 e. The van der Waals surface area contributed by atoms with Crippen molar-refractivity contribution in [2.24, 2.45) is 0 Å². The molecule has 6 aromatic rings. The van der Waals surface area contributed by atoms with Crippen LogP contribution < -0.4 is 0 Å². The quantitative estimate of drug-likeness (QED) is 0.155. The molecule has 0 unspecified atom stereocenters. The van der Waals surface area contributed by atoms with Crippen LogP contribution in [0.3, 0.4) is 0 Å². The van der Waals surface area contributed by atoms with Gasteiger partial charge in [-0.1, -0.05) is 83.9 Å². The van der Waals surface area contributed by atoms with Crippen molar-refractivity contribution in [3.8, 4) is 22.3 Å². The summed E-state index contributed by atoms with van der Waals surface area (Å²) >= 11 is -1.54. The van der Waals surface area contributed by atoms with Crippen LogP contribution >= 0.6 is 18.6 Å². The van der Waals surface area contributed by atoms with Crippen LogP contribution in [-0.2, 0) is 15.3 Å². The molecule has 0 fully saturated rings. The van der Waals surface area contributed by atoms with Gasteiger partial charge in [-0.25, -0.2) is 0 Å². The molecule has 0 aliphatic carbocycles. The van der Waals surface area contributed by atoms with Gasteiger partial charge >= 0.3 is 45.1 Å². The van der Waals surface area contributed by atoms with Crippen LogP contribution in [0.15, 0.2) is 133 Å². The van der Waals surface area contributed by atoms with Gasteiger partial charge in [-0.2, -0.15) is 24.3 Å². The van der Waals surface area contributed by atoms with E-state index < -0.39 is 15.3 Å². The number of benzene rings is 4. The van der Waals surface area contributed by atoms with Crippen LogP contribution in [0.25, 0.3) is 43.8 Å². The SMILES string of the molecule is C[CH]=[Ti]([Cl])[Cl].c1ccc(-c2cccc3[cH-]ccc23)cc1.c1ccc(-c2cccc3[cH-]ccc23)cc1. The maximum Gasteiger partial charge on any atom is -0.0279 e. The van der Waals surface area contributed by atoms with Crippen molar-refractivity contribution >= 4 is 44.5 Å². The predicted octanol–water partition coefficient (Wildman–Crippen LogP) is 10.2. The molecule has 0 nitrogen and oxygen atoms in total. The zero-order valence-electron chi connectivity index (χ0n) is 19.5. The summed E-state index contributed by atoms with van der Waals surface area (Å²) in [4.78, 5) is 0. The Bertz CT molecular complexity index is 1400. The van der Waals surface area contributed by atoms with Gasteiger partial charge in [0.05, 0.1) is 0 Å². The maximum absolute atomic E-state index is 5.34. The summed E-state index contributed by atoms with van der Waals surface area (Å²) in [6.45, 7) is 1.88. The molecule has 0 saturated heterocycles. The van der Waals surface area contributed by atoms with Crippen LogP contribution in [0.2, 0.25) is 0 Å². The van der Waals surface area contributed by atoms with E-state index in [1.54, 1.807) is 0 Å². The normalized spacial score (nSPS) is 10.1. The van der Waals surface area contributed by atoms with Gasteiger partial charge < -0.3 is 0 Å². The van der Waals surface area contributed by atoms with E-state index in [9.17, 15) is 0 Å². The number of hydrogen-bond acceptors (Lipinski definition) is 0. The minimum atomic E-state index is -1.54. The average Bonchev–Trinajstić information content (AvgIpc) is 3.60. The molecule has 0 bridgehead atoms. The van der Waals surface area contributed by atoms with E-state index in [1.807, 2.05) is 11.2 Å². The smallest absolute Gasteiger partial charge is 0.0279 e. The van der Waals surface area contributed by atoms with Crippen molar-refractivity contribution in [1.82, 2.24) is 0 Å². The zero-order valence-corrected chi connectivity index (χ0v) is 22.6. The molecule has 0 amide bonds. The van der Waals surface area contributed by atoms with Gasteiger partial charge in [0.15, 0.2) is 0 Å². The van der Waals surface area contributed by atoms with Crippen molar-refractivity contribution in [2.75, 3.05) is 0 Å². The Morgan fingerprint density at radius 1 is 0.543 bits per heavy atom. The van der Waals surface area contributed by atoms with E-state index in [0.717, 1.165) is 0 Å². The molecule has 3 heteroatoms. The van der Waals surface area contributed by atoms with Crippen molar-refractivity contribution in [1.29, 1.82) is 0 Å². The van der Waals surface area contributed by atoms with E-state index in [-0.39, 0.29) is 0 Å². The number of hydrogen-bond donors (Lipinski definition) is 0. The Morgan fingerprint density at radius 2 is 0.943 bits per heavy atom. The van der Waals surface area contributed by atoms with E-state index in [2.05, 4.69) is 133 Å². The van der Waals surface area contributed by atoms with E-state index >= 15 is 0 Å². The summed E-state index contributed by atoms with van der Waals surface area (Å²) in [5.74, 6) is 0. The zero-order chi connectivity index (χ0) is 24.5. The molecule has 0 aliphatic rings. The molecule has 6 rings (SSSR count). The molecule has 0 heterocycles. The third-order valence-electron chi connectivity index (χ3n) is 5.74. The third kappa shape index (κ3) is 6.69.